The Morgan fingerprint density at radius 1 is 1.37 bits per heavy atom. The molecule has 0 aromatic carbocycles. The van der Waals surface area contributed by atoms with Gasteiger partial charge in [-0.3, -0.25) is 4.79 Å². The lowest BCUT2D eigenvalue weighted by Gasteiger charge is -1.99. The summed E-state index contributed by atoms with van der Waals surface area (Å²) in [5.41, 5.74) is 0. The van der Waals surface area contributed by atoms with Gasteiger partial charge in [-0.25, -0.2) is 9.48 Å². The lowest BCUT2D eigenvalue weighted by molar-refractivity contribution is -0.138. The van der Waals surface area contributed by atoms with E-state index in [9.17, 15) is 9.59 Å². The van der Waals surface area contributed by atoms with E-state index in [-0.39, 0.29) is 12.3 Å². The summed E-state index contributed by atoms with van der Waals surface area (Å²) in [6.07, 6.45) is 0. The number of carboxylic acid groups (broad SMARTS) is 2. The van der Waals surface area contributed by atoms with E-state index in [0.29, 0.717) is 16.7 Å². The highest BCUT2D eigenvalue weighted by Crippen LogP contribution is 2.21. The Morgan fingerprint density at radius 2 is 2.16 bits per heavy atom. The summed E-state index contributed by atoms with van der Waals surface area (Å²) in [6, 6.07) is 2.88. The van der Waals surface area contributed by atoms with E-state index in [1.807, 2.05) is 0 Å². The second-order valence-electron chi connectivity index (χ2n) is 3.37. The van der Waals surface area contributed by atoms with Gasteiger partial charge in [0.25, 0.3) is 0 Å². The van der Waals surface area contributed by atoms with Crippen LogP contribution in [0.25, 0.3) is 0 Å². The first-order chi connectivity index (χ1) is 9.06. The Bertz CT molecular complexity index is 607. The number of carbonyl (C=O) groups is 2. The number of aromatic nitrogens is 4. The number of tetrazole rings is 1. The Hall–Kier alpha value is -2.36. The molecule has 0 unspecified atom stereocenters. The molecule has 2 N–H and O–H groups in total. The van der Waals surface area contributed by atoms with Crippen LogP contribution in [-0.2, 0) is 17.1 Å². The van der Waals surface area contributed by atoms with Gasteiger partial charge < -0.3 is 14.6 Å². The third-order valence-electron chi connectivity index (χ3n) is 2.00. The highest BCUT2D eigenvalue weighted by atomic mass is 32.2. The van der Waals surface area contributed by atoms with E-state index < -0.39 is 11.9 Å². The van der Waals surface area contributed by atoms with Crippen LogP contribution in [0, 0.1) is 0 Å². The summed E-state index contributed by atoms with van der Waals surface area (Å²) in [6.45, 7) is -0.339. The fourth-order valence-corrected chi connectivity index (χ4v) is 2.00. The summed E-state index contributed by atoms with van der Waals surface area (Å²) < 4.78 is 6.18. The van der Waals surface area contributed by atoms with E-state index in [1.165, 1.54) is 12.1 Å². The Morgan fingerprint density at radius 3 is 2.79 bits per heavy atom. The molecule has 0 fully saturated rings. The summed E-state index contributed by atoms with van der Waals surface area (Å²) >= 11 is 1.15. The lowest BCUT2D eigenvalue weighted by Crippen LogP contribution is -2.11. The van der Waals surface area contributed by atoms with Gasteiger partial charge in [-0.2, -0.15) is 0 Å². The number of thioether (sulfide) groups is 1. The van der Waals surface area contributed by atoms with Crippen LogP contribution in [0.15, 0.2) is 21.7 Å². The van der Waals surface area contributed by atoms with Gasteiger partial charge in [-0.15, -0.1) is 5.10 Å². The number of rotatable bonds is 6. The first-order valence-electron chi connectivity index (χ1n) is 4.99. The molecule has 2 heterocycles. The maximum atomic E-state index is 10.6. The second kappa shape index (κ2) is 5.52. The quantitative estimate of drug-likeness (QED) is 0.720. The molecule has 2 aromatic rings. The molecule has 0 spiro atoms. The molecular weight excluding hydrogens is 276 g/mol. The second-order valence-corrected chi connectivity index (χ2v) is 4.32. The van der Waals surface area contributed by atoms with Crippen molar-refractivity contribution in [3.05, 3.63) is 23.7 Å². The van der Waals surface area contributed by atoms with Crippen LogP contribution >= 0.6 is 11.8 Å². The molecule has 0 aliphatic carbocycles. The molecule has 2 aromatic heterocycles. The predicted molar refractivity (Wildman–Crippen MR) is 60.7 cm³/mol. The van der Waals surface area contributed by atoms with Crippen molar-refractivity contribution in [2.24, 2.45) is 0 Å². The largest absolute Gasteiger partial charge is 0.480 e. The number of aliphatic carboxylic acids is 1. The van der Waals surface area contributed by atoms with Gasteiger partial charge in [0.05, 0.1) is 5.75 Å². The molecule has 0 aliphatic rings. The van der Waals surface area contributed by atoms with Crippen molar-refractivity contribution in [3.63, 3.8) is 0 Å². The molecule has 9 nitrogen and oxygen atoms in total. The molecule has 0 bridgehead atoms. The molecule has 2 rings (SSSR count). The van der Waals surface area contributed by atoms with Crippen molar-refractivity contribution in [2.45, 2.75) is 17.5 Å². The Kier molecular flexibility index (Phi) is 3.80. The van der Waals surface area contributed by atoms with Crippen LogP contribution in [0.5, 0.6) is 0 Å². The van der Waals surface area contributed by atoms with Crippen molar-refractivity contribution < 1.29 is 24.2 Å². The third-order valence-corrected chi connectivity index (χ3v) is 2.98. The van der Waals surface area contributed by atoms with E-state index in [2.05, 4.69) is 15.5 Å². The molecule has 0 amide bonds. The zero-order valence-electron chi connectivity index (χ0n) is 9.39. The van der Waals surface area contributed by atoms with Crippen LogP contribution in [0.3, 0.4) is 0 Å². The zero-order valence-corrected chi connectivity index (χ0v) is 10.2. The predicted octanol–water partition coefficient (Wildman–Crippen LogP) is 0.341. The van der Waals surface area contributed by atoms with Crippen molar-refractivity contribution >= 4 is 23.7 Å². The van der Waals surface area contributed by atoms with Crippen molar-refractivity contribution in [1.82, 2.24) is 20.2 Å². The van der Waals surface area contributed by atoms with Gasteiger partial charge in [0.15, 0.2) is 0 Å². The van der Waals surface area contributed by atoms with Crippen molar-refractivity contribution in [1.29, 1.82) is 0 Å². The Labute approximate surface area is 110 Å². The maximum Gasteiger partial charge on any atom is 0.371 e. The first-order valence-corrected chi connectivity index (χ1v) is 5.97. The van der Waals surface area contributed by atoms with Crippen LogP contribution in [0.2, 0.25) is 0 Å². The highest BCUT2D eigenvalue weighted by molar-refractivity contribution is 7.98. The molecule has 0 aliphatic heterocycles. The van der Waals surface area contributed by atoms with Gasteiger partial charge in [0.1, 0.15) is 12.3 Å². The summed E-state index contributed by atoms with van der Waals surface area (Å²) in [7, 11) is 0. The standard InChI is InChI=1S/C9H8N4O5S/c14-7(15)3-13-9(10-11-12-13)19-4-5-1-2-6(18-5)8(16)17/h1-2H,3-4H2,(H,14,15)(H,16,17). The lowest BCUT2D eigenvalue weighted by atomic mass is 10.4. The minimum absolute atomic E-state index is 0.152. The molecule has 0 radical (unpaired) electrons. The first kappa shape index (κ1) is 13.1. The molecule has 10 heteroatoms. The van der Waals surface area contributed by atoms with E-state index in [0.717, 1.165) is 16.4 Å². The van der Waals surface area contributed by atoms with Gasteiger partial charge in [-0.1, -0.05) is 11.8 Å². The van der Waals surface area contributed by atoms with E-state index in [4.69, 9.17) is 14.6 Å². The fraction of sp³-hybridized carbons (Fsp3) is 0.222. The molecule has 0 atom stereocenters. The van der Waals surface area contributed by atoms with Gasteiger partial charge in [-0.05, 0) is 22.6 Å². The summed E-state index contributed by atoms with van der Waals surface area (Å²) in [4.78, 5) is 21.2. The zero-order chi connectivity index (χ0) is 13.8. The molecular formula is C9H8N4O5S. The third kappa shape index (κ3) is 3.31. The topological polar surface area (TPSA) is 131 Å². The van der Waals surface area contributed by atoms with Crippen LogP contribution in [0.4, 0.5) is 0 Å². The smallest absolute Gasteiger partial charge is 0.371 e. The van der Waals surface area contributed by atoms with Gasteiger partial charge >= 0.3 is 11.9 Å². The number of hydrogen-bond acceptors (Lipinski definition) is 7. The summed E-state index contributed by atoms with van der Waals surface area (Å²) in [5.74, 6) is -1.62. The SMILES string of the molecule is O=C(O)Cn1nnnc1SCc1ccc(C(=O)O)o1. The van der Waals surface area contributed by atoms with E-state index >= 15 is 0 Å². The number of hydrogen-bond donors (Lipinski definition) is 2. The molecule has 0 saturated heterocycles. The monoisotopic (exact) mass is 284 g/mol. The summed E-state index contributed by atoms with van der Waals surface area (Å²) in [5, 5.41) is 28.2. The average Bonchev–Trinajstić information content (AvgIpc) is 2.94. The van der Waals surface area contributed by atoms with Crippen LogP contribution in [-0.4, -0.2) is 42.4 Å². The fourth-order valence-electron chi connectivity index (χ4n) is 1.23. The Balaban J connectivity index is 2.00. The van der Waals surface area contributed by atoms with Crippen LogP contribution in [0.1, 0.15) is 16.3 Å². The average molecular weight is 284 g/mol. The van der Waals surface area contributed by atoms with E-state index in [1.54, 1.807) is 0 Å². The van der Waals surface area contributed by atoms with Crippen LogP contribution < -0.4 is 0 Å². The highest BCUT2D eigenvalue weighted by Gasteiger charge is 2.13. The van der Waals surface area contributed by atoms with Gasteiger partial charge in [0, 0.05) is 0 Å². The molecule has 100 valence electrons. The van der Waals surface area contributed by atoms with Crippen molar-refractivity contribution in [3.8, 4) is 0 Å². The minimum atomic E-state index is -1.15. The molecule has 19 heavy (non-hydrogen) atoms. The molecule has 0 saturated carbocycles. The van der Waals surface area contributed by atoms with Gasteiger partial charge in [0.2, 0.25) is 10.9 Å². The number of nitrogens with zero attached hydrogens (tertiary/aromatic N) is 4. The number of carboxylic acids is 2. The number of furan rings is 1. The number of aromatic carboxylic acids is 1. The van der Waals surface area contributed by atoms with Crippen molar-refractivity contribution in [2.75, 3.05) is 0 Å². The minimum Gasteiger partial charge on any atom is -0.480 e. The normalized spacial score (nSPS) is 10.5. The maximum absolute atomic E-state index is 10.6.